The maximum Gasteiger partial charge on any atom is 0.284 e. The van der Waals surface area contributed by atoms with Crippen LogP contribution in [0.3, 0.4) is 0 Å². The van der Waals surface area contributed by atoms with Gasteiger partial charge < -0.3 is 10.4 Å². The number of sulfonamides is 1. The fraction of sp³-hybridized carbons (Fsp3) is 0.429. The SMILES string of the molecule is O=C1CNCCC[C@@H]1N(C(=O)[CH]CO)S(=O)(=O)c1ccccn1. The maximum atomic E-state index is 12.8. The van der Waals surface area contributed by atoms with Crippen LogP contribution in [-0.4, -0.2) is 60.2 Å². The van der Waals surface area contributed by atoms with Crippen molar-refractivity contribution in [3.05, 3.63) is 30.8 Å². The molecule has 1 aliphatic rings. The summed E-state index contributed by atoms with van der Waals surface area (Å²) in [4.78, 5) is 28.2. The molecule has 1 aromatic heterocycles. The number of amides is 1. The van der Waals surface area contributed by atoms with E-state index in [0.29, 0.717) is 17.3 Å². The zero-order valence-electron chi connectivity index (χ0n) is 12.4. The monoisotopic (exact) mass is 340 g/mol. The zero-order chi connectivity index (χ0) is 16.9. The van der Waals surface area contributed by atoms with Gasteiger partial charge in [0.15, 0.2) is 10.8 Å². The van der Waals surface area contributed by atoms with E-state index in [1.807, 2.05) is 0 Å². The number of rotatable bonds is 5. The van der Waals surface area contributed by atoms with E-state index >= 15 is 0 Å². The summed E-state index contributed by atoms with van der Waals surface area (Å²) in [6, 6.07) is 3.18. The fourth-order valence-electron chi connectivity index (χ4n) is 2.37. The molecule has 0 aromatic carbocycles. The molecule has 1 radical (unpaired) electrons. The van der Waals surface area contributed by atoms with Crippen molar-refractivity contribution in [2.75, 3.05) is 19.7 Å². The van der Waals surface area contributed by atoms with Gasteiger partial charge in [0.25, 0.3) is 10.0 Å². The first-order chi connectivity index (χ1) is 11.0. The number of hydrogen-bond donors (Lipinski definition) is 2. The summed E-state index contributed by atoms with van der Waals surface area (Å²) in [6.07, 6.45) is 2.90. The fourth-order valence-corrected chi connectivity index (χ4v) is 3.88. The summed E-state index contributed by atoms with van der Waals surface area (Å²) in [5, 5.41) is 11.5. The van der Waals surface area contributed by atoms with Gasteiger partial charge in [0.2, 0.25) is 5.91 Å². The molecule has 2 rings (SSSR count). The summed E-state index contributed by atoms with van der Waals surface area (Å²) in [6.45, 7) is -0.0604. The van der Waals surface area contributed by atoms with Crippen LogP contribution in [0.25, 0.3) is 0 Å². The summed E-state index contributed by atoms with van der Waals surface area (Å²) in [5.41, 5.74) is 0. The molecule has 1 atom stereocenters. The Balaban J connectivity index is 2.45. The van der Waals surface area contributed by atoms with Crippen LogP contribution in [0.4, 0.5) is 0 Å². The molecule has 0 aliphatic carbocycles. The number of aliphatic hydroxyl groups excluding tert-OH is 1. The Labute approximate surface area is 134 Å². The molecule has 1 fully saturated rings. The molecule has 0 bridgehead atoms. The van der Waals surface area contributed by atoms with Gasteiger partial charge in [-0.15, -0.1) is 0 Å². The van der Waals surface area contributed by atoms with Gasteiger partial charge in [-0.3, -0.25) is 9.59 Å². The van der Waals surface area contributed by atoms with E-state index < -0.39 is 28.6 Å². The summed E-state index contributed by atoms with van der Waals surface area (Å²) in [7, 11) is -4.29. The molecule has 9 heteroatoms. The molecule has 1 aliphatic heterocycles. The van der Waals surface area contributed by atoms with Crippen LogP contribution in [0.5, 0.6) is 0 Å². The molecule has 8 nitrogen and oxygen atoms in total. The highest BCUT2D eigenvalue weighted by Crippen LogP contribution is 2.21. The Bertz CT molecular complexity index is 662. The lowest BCUT2D eigenvalue weighted by Crippen LogP contribution is -2.50. The van der Waals surface area contributed by atoms with Crippen molar-refractivity contribution in [2.45, 2.75) is 23.9 Å². The van der Waals surface area contributed by atoms with Gasteiger partial charge in [0, 0.05) is 6.20 Å². The smallest absolute Gasteiger partial charge is 0.284 e. The number of carbonyl (C=O) groups excluding carboxylic acids is 2. The van der Waals surface area contributed by atoms with Gasteiger partial charge >= 0.3 is 0 Å². The molecule has 1 aromatic rings. The van der Waals surface area contributed by atoms with Gasteiger partial charge in [0.1, 0.15) is 6.04 Å². The van der Waals surface area contributed by atoms with E-state index in [9.17, 15) is 18.0 Å². The van der Waals surface area contributed by atoms with E-state index in [1.54, 1.807) is 6.07 Å². The Morgan fingerprint density at radius 3 is 2.91 bits per heavy atom. The normalized spacial score (nSPS) is 19.2. The third-order valence-corrected chi connectivity index (χ3v) is 5.15. The van der Waals surface area contributed by atoms with Crippen molar-refractivity contribution >= 4 is 21.7 Å². The number of nitrogens with zero attached hydrogens (tertiary/aromatic N) is 2. The third-order valence-electron chi connectivity index (χ3n) is 3.43. The number of hydrogen-bond acceptors (Lipinski definition) is 7. The van der Waals surface area contributed by atoms with Crippen molar-refractivity contribution in [3.63, 3.8) is 0 Å². The number of aromatic nitrogens is 1. The van der Waals surface area contributed by atoms with Gasteiger partial charge in [-0.25, -0.2) is 9.29 Å². The van der Waals surface area contributed by atoms with Crippen molar-refractivity contribution in [3.8, 4) is 0 Å². The first-order valence-corrected chi connectivity index (χ1v) is 8.59. The lowest BCUT2D eigenvalue weighted by molar-refractivity contribution is -0.131. The Morgan fingerprint density at radius 1 is 1.48 bits per heavy atom. The number of aliphatic hydroxyl groups is 1. The second-order valence-corrected chi connectivity index (χ2v) is 6.76. The van der Waals surface area contributed by atoms with Crippen LogP contribution in [0.2, 0.25) is 0 Å². The number of ketones is 1. The highest BCUT2D eigenvalue weighted by molar-refractivity contribution is 7.89. The van der Waals surface area contributed by atoms with E-state index in [0.717, 1.165) is 6.42 Å². The molecule has 2 N–H and O–H groups in total. The van der Waals surface area contributed by atoms with E-state index in [-0.39, 0.29) is 23.8 Å². The van der Waals surface area contributed by atoms with Crippen LogP contribution >= 0.6 is 0 Å². The zero-order valence-corrected chi connectivity index (χ0v) is 13.2. The lowest BCUT2D eigenvalue weighted by Gasteiger charge is -2.28. The molecule has 1 amide bonds. The Morgan fingerprint density at radius 2 is 2.26 bits per heavy atom. The van der Waals surface area contributed by atoms with Crippen molar-refractivity contribution < 1.29 is 23.1 Å². The highest BCUT2D eigenvalue weighted by atomic mass is 32.2. The largest absolute Gasteiger partial charge is 0.396 e. The molecule has 1 saturated heterocycles. The van der Waals surface area contributed by atoms with E-state index in [4.69, 9.17) is 5.11 Å². The average molecular weight is 340 g/mol. The van der Waals surface area contributed by atoms with Crippen molar-refractivity contribution in [1.82, 2.24) is 14.6 Å². The first-order valence-electron chi connectivity index (χ1n) is 7.15. The topological polar surface area (TPSA) is 117 Å². The number of Topliss-reactive ketones (excluding diaryl/α,β-unsaturated/α-hetero) is 1. The van der Waals surface area contributed by atoms with Crippen LogP contribution in [0.1, 0.15) is 12.8 Å². The predicted octanol–water partition coefficient (Wildman–Crippen LogP) is -0.883. The Kier molecular flexibility index (Phi) is 5.80. The van der Waals surface area contributed by atoms with Gasteiger partial charge in [-0.05, 0) is 31.5 Å². The van der Waals surface area contributed by atoms with Crippen LogP contribution < -0.4 is 5.32 Å². The number of pyridine rings is 1. The molecular formula is C14H18N3O5S. The van der Waals surface area contributed by atoms with E-state index in [2.05, 4.69) is 10.3 Å². The standard InChI is InChI=1S/C14H18N3O5S/c18-9-6-14(20)17(11-4-3-7-15-10-12(11)19)23(21,22)13-5-1-2-8-16-13/h1-2,5-6,8,11,15,18H,3-4,7,9-10H2/t11-/m0/s1. The minimum Gasteiger partial charge on any atom is -0.396 e. The first kappa shape index (κ1) is 17.5. The molecule has 0 unspecified atom stereocenters. The number of nitrogens with one attached hydrogen (secondary N) is 1. The molecule has 23 heavy (non-hydrogen) atoms. The third kappa shape index (κ3) is 3.92. The van der Waals surface area contributed by atoms with Gasteiger partial charge in [-0.1, -0.05) is 6.07 Å². The molecule has 0 spiro atoms. The molecule has 125 valence electrons. The minimum atomic E-state index is -4.29. The molecule has 0 saturated carbocycles. The van der Waals surface area contributed by atoms with Crippen LogP contribution in [0.15, 0.2) is 29.4 Å². The summed E-state index contributed by atoms with van der Waals surface area (Å²) >= 11 is 0. The summed E-state index contributed by atoms with van der Waals surface area (Å²) < 4.78 is 26.1. The van der Waals surface area contributed by atoms with Crippen LogP contribution in [0, 0.1) is 6.42 Å². The molecule has 2 heterocycles. The minimum absolute atomic E-state index is 0.00862. The summed E-state index contributed by atoms with van der Waals surface area (Å²) in [5.74, 6) is -1.32. The quantitative estimate of drug-likeness (QED) is 0.714. The predicted molar refractivity (Wildman–Crippen MR) is 80.6 cm³/mol. The Hall–Kier alpha value is -1.84. The second-order valence-electron chi connectivity index (χ2n) is 4.99. The molecular weight excluding hydrogens is 322 g/mol. The van der Waals surface area contributed by atoms with Crippen molar-refractivity contribution in [2.24, 2.45) is 0 Å². The maximum absolute atomic E-state index is 12.8. The van der Waals surface area contributed by atoms with Gasteiger partial charge in [0.05, 0.1) is 19.6 Å². The highest BCUT2D eigenvalue weighted by Gasteiger charge is 2.39. The van der Waals surface area contributed by atoms with Crippen LogP contribution in [-0.2, 0) is 19.6 Å². The average Bonchev–Trinajstić information content (AvgIpc) is 2.74. The second kappa shape index (κ2) is 7.62. The van der Waals surface area contributed by atoms with Gasteiger partial charge in [-0.2, -0.15) is 8.42 Å². The lowest BCUT2D eigenvalue weighted by atomic mass is 10.1. The number of carbonyl (C=O) groups is 2. The van der Waals surface area contributed by atoms with E-state index in [1.165, 1.54) is 18.3 Å². The van der Waals surface area contributed by atoms with Crippen molar-refractivity contribution in [1.29, 1.82) is 0 Å².